The molecule has 1 aliphatic rings. The van der Waals surface area contributed by atoms with Crippen molar-refractivity contribution in [2.75, 3.05) is 6.54 Å². The summed E-state index contributed by atoms with van der Waals surface area (Å²) in [4.78, 5) is 12.3. The maximum absolute atomic E-state index is 12.8. The molecule has 1 fully saturated rings. The third kappa shape index (κ3) is 4.36. The molecule has 1 aliphatic heterocycles. The lowest BCUT2D eigenvalue weighted by Gasteiger charge is -2.32. The molecule has 1 saturated heterocycles. The normalized spacial score (nSPS) is 18.4. The van der Waals surface area contributed by atoms with Gasteiger partial charge in [-0.1, -0.05) is 13.3 Å². The van der Waals surface area contributed by atoms with Crippen LogP contribution in [0.4, 0.5) is 0 Å². The minimum atomic E-state index is -3.56. The summed E-state index contributed by atoms with van der Waals surface area (Å²) in [7, 11) is -3.56. The van der Waals surface area contributed by atoms with Gasteiger partial charge in [-0.3, -0.25) is 0 Å². The van der Waals surface area contributed by atoms with Crippen molar-refractivity contribution in [3.63, 3.8) is 0 Å². The Hall–Kier alpha value is -2.26. The van der Waals surface area contributed by atoms with Gasteiger partial charge < -0.3 is 9.15 Å². The van der Waals surface area contributed by atoms with Crippen molar-refractivity contribution in [3.8, 4) is 0 Å². The van der Waals surface area contributed by atoms with Crippen molar-refractivity contribution in [1.82, 2.24) is 14.5 Å². The van der Waals surface area contributed by atoms with E-state index in [2.05, 4.69) is 10.2 Å². The van der Waals surface area contributed by atoms with Crippen LogP contribution in [0.5, 0.6) is 0 Å². The molecule has 146 valence electrons. The molecular formula is C18H23N3O5S. The summed E-state index contributed by atoms with van der Waals surface area (Å²) in [5.41, 5.74) is 0.260. The molecule has 9 heteroatoms. The first-order valence-corrected chi connectivity index (χ1v) is 10.5. The van der Waals surface area contributed by atoms with E-state index in [1.54, 1.807) is 0 Å². The molecule has 1 aromatic heterocycles. The Balaban J connectivity index is 1.66. The van der Waals surface area contributed by atoms with Gasteiger partial charge in [0.05, 0.1) is 10.5 Å². The molecule has 1 atom stereocenters. The van der Waals surface area contributed by atoms with Crippen LogP contribution in [0.2, 0.25) is 0 Å². The summed E-state index contributed by atoms with van der Waals surface area (Å²) in [6.45, 7) is 4.20. The van der Waals surface area contributed by atoms with E-state index >= 15 is 0 Å². The Morgan fingerprint density at radius 1 is 1.22 bits per heavy atom. The fourth-order valence-electron chi connectivity index (χ4n) is 3.03. The van der Waals surface area contributed by atoms with Gasteiger partial charge in [0.1, 0.15) is 0 Å². The monoisotopic (exact) mass is 393 g/mol. The molecule has 0 saturated carbocycles. The minimum Gasteiger partial charge on any atom is -0.452 e. The second kappa shape index (κ2) is 8.18. The van der Waals surface area contributed by atoms with Crippen molar-refractivity contribution in [1.29, 1.82) is 0 Å². The van der Waals surface area contributed by atoms with Crippen LogP contribution in [-0.4, -0.2) is 41.5 Å². The number of rotatable bonds is 6. The lowest BCUT2D eigenvalue weighted by molar-refractivity contribution is 0.0436. The number of piperidine rings is 1. The number of aryl methyl sites for hydroxylation is 1. The van der Waals surface area contributed by atoms with Crippen LogP contribution >= 0.6 is 0 Å². The predicted octanol–water partition coefficient (Wildman–Crippen LogP) is 2.55. The topological polar surface area (TPSA) is 103 Å². The highest BCUT2D eigenvalue weighted by Gasteiger charge is 2.30. The number of hydrogen-bond donors (Lipinski definition) is 0. The molecule has 1 aromatic carbocycles. The van der Waals surface area contributed by atoms with Gasteiger partial charge in [-0.05, 0) is 44.0 Å². The van der Waals surface area contributed by atoms with E-state index in [1.807, 2.05) is 13.8 Å². The first-order chi connectivity index (χ1) is 12.9. The zero-order valence-corrected chi connectivity index (χ0v) is 16.2. The highest BCUT2D eigenvalue weighted by Crippen LogP contribution is 2.25. The molecule has 3 rings (SSSR count). The Bertz CT molecular complexity index is 892. The number of hydrogen-bond acceptors (Lipinski definition) is 7. The van der Waals surface area contributed by atoms with E-state index in [1.165, 1.54) is 28.6 Å². The molecule has 2 aromatic rings. The summed E-state index contributed by atoms with van der Waals surface area (Å²) < 4.78 is 37.5. The number of nitrogens with zero attached hydrogens (tertiary/aromatic N) is 3. The second-order valence-corrected chi connectivity index (χ2v) is 8.39. The third-order valence-corrected chi connectivity index (χ3v) is 6.60. The summed E-state index contributed by atoms with van der Waals surface area (Å²) in [6.07, 6.45) is 3.37. The Kier molecular flexibility index (Phi) is 5.91. The van der Waals surface area contributed by atoms with E-state index in [-0.39, 0.29) is 29.0 Å². The van der Waals surface area contributed by atoms with E-state index < -0.39 is 16.0 Å². The Labute approximate surface area is 158 Å². The van der Waals surface area contributed by atoms with Crippen LogP contribution < -0.4 is 0 Å². The van der Waals surface area contributed by atoms with E-state index in [4.69, 9.17) is 9.15 Å². The molecule has 0 bridgehead atoms. The SMILES string of the molecule is CCc1nnc(COC(=O)c2ccc(S(=O)(=O)N3CCCC[C@@H]3C)cc2)o1. The van der Waals surface area contributed by atoms with Crippen LogP contribution in [0.3, 0.4) is 0 Å². The molecule has 8 nitrogen and oxygen atoms in total. The largest absolute Gasteiger partial charge is 0.452 e. The summed E-state index contributed by atoms with van der Waals surface area (Å²) >= 11 is 0. The highest BCUT2D eigenvalue weighted by molar-refractivity contribution is 7.89. The number of sulfonamides is 1. The maximum atomic E-state index is 12.8. The van der Waals surface area contributed by atoms with Crippen LogP contribution in [0.15, 0.2) is 33.6 Å². The van der Waals surface area contributed by atoms with Gasteiger partial charge in [-0.15, -0.1) is 10.2 Å². The average molecular weight is 393 g/mol. The lowest BCUT2D eigenvalue weighted by atomic mass is 10.1. The fourth-order valence-corrected chi connectivity index (χ4v) is 4.73. The first kappa shape index (κ1) is 19.5. The number of carbonyl (C=O) groups is 1. The predicted molar refractivity (Wildman–Crippen MR) is 96.4 cm³/mol. The van der Waals surface area contributed by atoms with Gasteiger partial charge in [0.15, 0.2) is 6.61 Å². The molecule has 0 amide bonds. The highest BCUT2D eigenvalue weighted by atomic mass is 32.2. The number of ether oxygens (including phenoxy) is 1. The number of esters is 1. The van der Waals surface area contributed by atoms with Crippen LogP contribution in [0.1, 0.15) is 55.2 Å². The first-order valence-electron chi connectivity index (χ1n) is 9.02. The summed E-state index contributed by atoms with van der Waals surface area (Å²) in [6, 6.07) is 5.77. The second-order valence-electron chi connectivity index (χ2n) is 6.50. The van der Waals surface area contributed by atoms with Crippen molar-refractivity contribution < 1.29 is 22.4 Å². The molecule has 0 aliphatic carbocycles. The van der Waals surface area contributed by atoms with Crippen molar-refractivity contribution >= 4 is 16.0 Å². The number of benzene rings is 1. The van der Waals surface area contributed by atoms with E-state index in [0.717, 1.165) is 19.3 Å². The van der Waals surface area contributed by atoms with E-state index in [0.29, 0.717) is 18.9 Å². The number of aromatic nitrogens is 2. The van der Waals surface area contributed by atoms with Gasteiger partial charge in [-0.2, -0.15) is 4.31 Å². The van der Waals surface area contributed by atoms with Crippen molar-refractivity contribution in [2.24, 2.45) is 0 Å². The van der Waals surface area contributed by atoms with Crippen LogP contribution in [0.25, 0.3) is 0 Å². The molecule has 2 heterocycles. The summed E-state index contributed by atoms with van der Waals surface area (Å²) in [5.74, 6) is 0.113. The fraction of sp³-hybridized carbons (Fsp3) is 0.500. The van der Waals surface area contributed by atoms with Crippen LogP contribution in [0, 0.1) is 0 Å². The molecular weight excluding hydrogens is 370 g/mol. The van der Waals surface area contributed by atoms with Crippen molar-refractivity contribution in [2.45, 2.75) is 57.1 Å². The quantitative estimate of drug-likeness (QED) is 0.695. The molecule has 0 N–H and O–H groups in total. The Morgan fingerprint density at radius 2 is 1.93 bits per heavy atom. The molecule has 27 heavy (non-hydrogen) atoms. The zero-order valence-electron chi connectivity index (χ0n) is 15.4. The smallest absolute Gasteiger partial charge is 0.338 e. The van der Waals surface area contributed by atoms with Gasteiger partial charge in [0.25, 0.3) is 5.89 Å². The molecule has 0 spiro atoms. The third-order valence-electron chi connectivity index (χ3n) is 4.58. The Morgan fingerprint density at radius 3 is 2.56 bits per heavy atom. The van der Waals surface area contributed by atoms with Crippen molar-refractivity contribution in [3.05, 3.63) is 41.6 Å². The molecule has 0 unspecified atom stereocenters. The maximum Gasteiger partial charge on any atom is 0.338 e. The standard InChI is InChI=1S/C18H23N3O5S/c1-3-16-19-20-17(26-16)12-25-18(22)14-7-9-15(10-8-14)27(23,24)21-11-5-4-6-13(21)2/h7-10,13H,3-6,11-12H2,1-2H3/t13-/m0/s1. The van der Waals surface area contributed by atoms with Gasteiger partial charge >= 0.3 is 5.97 Å². The van der Waals surface area contributed by atoms with Gasteiger partial charge in [-0.25, -0.2) is 13.2 Å². The average Bonchev–Trinajstić information content (AvgIpc) is 3.14. The van der Waals surface area contributed by atoms with Gasteiger partial charge in [0.2, 0.25) is 15.9 Å². The van der Waals surface area contributed by atoms with Gasteiger partial charge in [0, 0.05) is 19.0 Å². The van der Waals surface area contributed by atoms with Crippen LogP contribution in [-0.2, 0) is 27.8 Å². The van der Waals surface area contributed by atoms with E-state index in [9.17, 15) is 13.2 Å². The minimum absolute atomic E-state index is 0.0178. The molecule has 0 radical (unpaired) electrons. The lowest BCUT2D eigenvalue weighted by Crippen LogP contribution is -2.41. The number of carbonyl (C=O) groups excluding carboxylic acids is 1. The zero-order chi connectivity index (χ0) is 19.4. The summed E-state index contributed by atoms with van der Waals surface area (Å²) in [5, 5.41) is 7.57.